The Balaban J connectivity index is 1.47. The third kappa shape index (κ3) is 4.73. The Morgan fingerprint density at radius 3 is 2.40 bits per heavy atom. The fourth-order valence-electron chi connectivity index (χ4n) is 4.74. The minimum atomic E-state index is -4.48. The summed E-state index contributed by atoms with van der Waals surface area (Å²) in [4.78, 5) is 22.0. The Kier molecular flexibility index (Phi) is 6.92. The number of halogens is 3. The summed E-state index contributed by atoms with van der Waals surface area (Å²) in [5.41, 5.74) is 0.536. The van der Waals surface area contributed by atoms with Crippen molar-refractivity contribution in [1.29, 1.82) is 0 Å². The van der Waals surface area contributed by atoms with Gasteiger partial charge in [-0.05, 0) is 55.3 Å². The molecule has 40 heavy (non-hydrogen) atoms. The van der Waals surface area contributed by atoms with Crippen molar-refractivity contribution in [3.63, 3.8) is 0 Å². The number of hydrogen-bond donors (Lipinski definition) is 3. The summed E-state index contributed by atoms with van der Waals surface area (Å²) in [7, 11) is -0.212. The van der Waals surface area contributed by atoms with E-state index in [4.69, 9.17) is 4.74 Å². The number of fused-ring (bicyclic) bond motifs is 1. The second-order valence-corrected chi connectivity index (χ2v) is 12.3. The summed E-state index contributed by atoms with van der Waals surface area (Å²) in [6.07, 6.45) is -1.25. The lowest BCUT2D eigenvalue weighted by atomic mass is 10.0. The Morgan fingerprint density at radius 1 is 1.10 bits per heavy atom. The zero-order chi connectivity index (χ0) is 28.9. The SMILES string of the molecule is COc1ccc(N2CCC(C)(CNc3ncc(-c4ccc(C(F)(F)F)cc4)c4ncn(C)c(=O)c34)S2(O)O)cc1. The molecule has 1 aliphatic rings. The highest BCUT2D eigenvalue weighted by Crippen LogP contribution is 2.62. The van der Waals surface area contributed by atoms with Gasteiger partial charge in [-0.1, -0.05) is 12.1 Å². The van der Waals surface area contributed by atoms with Gasteiger partial charge in [0, 0.05) is 31.9 Å². The molecule has 0 radical (unpaired) electrons. The second kappa shape index (κ2) is 9.98. The molecule has 13 heteroatoms. The first-order chi connectivity index (χ1) is 18.9. The Bertz CT molecular complexity index is 1610. The van der Waals surface area contributed by atoms with E-state index in [1.54, 1.807) is 42.6 Å². The van der Waals surface area contributed by atoms with Crippen molar-refractivity contribution in [1.82, 2.24) is 14.5 Å². The molecule has 9 nitrogen and oxygen atoms in total. The Morgan fingerprint density at radius 2 is 1.77 bits per heavy atom. The zero-order valence-corrected chi connectivity index (χ0v) is 22.8. The molecule has 3 N–H and O–H groups in total. The molecule has 0 aliphatic carbocycles. The first-order valence-corrected chi connectivity index (χ1v) is 13.8. The van der Waals surface area contributed by atoms with E-state index in [2.05, 4.69) is 15.3 Å². The van der Waals surface area contributed by atoms with E-state index >= 15 is 0 Å². The van der Waals surface area contributed by atoms with Crippen molar-refractivity contribution in [2.24, 2.45) is 7.05 Å². The van der Waals surface area contributed by atoms with E-state index in [9.17, 15) is 27.1 Å². The number of hydrogen-bond acceptors (Lipinski definition) is 8. The van der Waals surface area contributed by atoms with Crippen molar-refractivity contribution in [2.45, 2.75) is 24.3 Å². The maximum atomic E-state index is 13.2. The van der Waals surface area contributed by atoms with Crippen molar-refractivity contribution in [2.75, 3.05) is 29.8 Å². The Hall–Kier alpha value is -3.81. The molecule has 1 aliphatic heterocycles. The van der Waals surface area contributed by atoms with Crippen LogP contribution < -0.4 is 19.9 Å². The predicted molar refractivity (Wildman–Crippen MR) is 150 cm³/mol. The smallest absolute Gasteiger partial charge is 0.416 e. The monoisotopic (exact) mass is 575 g/mol. The van der Waals surface area contributed by atoms with Crippen molar-refractivity contribution < 1.29 is 27.0 Å². The van der Waals surface area contributed by atoms with Gasteiger partial charge in [0.15, 0.2) is 0 Å². The van der Waals surface area contributed by atoms with E-state index in [-0.39, 0.29) is 23.3 Å². The topological polar surface area (TPSA) is 113 Å². The van der Waals surface area contributed by atoms with E-state index in [1.807, 2.05) is 0 Å². The standard InChI is InChI=1S/C27H28F3N5O4S/c1-26(12-13-35(40(26,37)38)19-8-10-20(39-3)11-9-19)15-32-24-22-23(33-16-34(2)25(22)36)21(14-31-24)17-4-6-18(7-5-17)27(28,29)30/h4-11,14,16,37-38H,12-13,15H2,1-3H3,(H,31,32). The summed E-state index contributed by atoms with van der Waals surface area (Å²) in [6, 6.07) is 11.6. The van der Waals surface area contributed by atoms with Gasteiger partial charge in [0.25, 0.3) is 5.56 Å². The highest BCUT2D eigenvalue weighted by atomic mass is 32.3. The number of benzene rings is 2. The van der Waals surface area contributed by atoms with Gasteiger partial charge in [-0.25, -0.2) is 9.97 Å². The second-order valence-electron chi connectivity index (χ2n) is 9.85. The van der Waals surface area contributed by atoms with Gasteiger partial charge in [0.05, 0.1) is 35.0 Å². The Labute approximate surface area is 229 Å². The molecule has 1 fully saturated rings. The number of ether oxygens (including phenoxy) is 1. The molecular formula is C27H28F3N5O4S. The van der Waals surface area contributed by atoms with Gasteiger partial charge in [0.1, 0.15) is 17.0 Å². The van der Waals surface area contributed by atoms with Crippen LogP contribution in [0.5, 0.6) is 5.75 Å². The fraction of sp³-hybridized carbons (Fsp3) is 0.296. The number of anilines is 2. The van der Waals surface area contributed by atoms with Gasteiger partial charge in [0.2, 0.25) is 0 Å². The van der Waals surface area contributed by atoms with Crippen molar-refractivity contribution in [3.8, 4) is 16.9 Å². The molecule has 2 aromatic heterocycles. The van der Waals surface area contributed by atoms with Crippen LogP contribution in [0.15, 0.2) is 65.8 Å². The lowest BCUT2D eigenvalue weighted by Gasteiger charge is -2.48. The maximum Gasteiger partial charge on any atom is 0.416 e. The summed E-state index contributed by atoms with van der Waals surface area (Å²) < 4.78 is 68.9. The first-order valence-electron chi connectivity index (χ1n) is 12.3. The van der Waals surface area contributed by atoms with Crippen molar-refractivity contribution in [3.05, 3.63) is 77.0 Å². The van der Waals surface area contributed by atoms with Crippen LogP contribution in [0.25, 0.3) is 22.0 Å². The van der Waals surface area contributed by atoms with Crippen LogP contribution in [0.2, 0.25) is 0 Å². The molecule has 2 aromatic carbocycles. The molecule has 1 unspecified atom stereocenters. The van der Waals surface area contributed by atoms with E-state index in [1.165, 1.54) is 36.3 Å². The third-order valence-corrected chi connectivity index (χ3v) is 9.95. The average molecular weight is 576 g/mol. The van der Waals surface area contributed by atoms with Crippen LogP contribution in [-0.2, 0) is 13.2 Å². The molecule has 5 rings (SSSR count). The van der Waals surface area contributed by atoms with E-state index < -0.39 is 32.8 Å². The molecule has 0 amide bonds. The van der Waals surface area contributed by atoms with Crippen LogP contribution >= 0.6 is 10.8 Å². The first kappa shape index (κ1) is 27.7. The number of rotatable bonds is 6. The van der Waals surface area contributed by atoms with Crippen LogP contribution in [0.3, 0.4) is 0 Å². The highest BCUT2D eigenvalue weighted by molar-refractivity contribution is 8.26. The quantitative estimate of drug-likeness (QED) is 0.266. The lowest BCUT2D eigenvalue weighted by molar-refractivity contribution is -0.137. The van der Waals surface area contributed by atoms with Crippen LogP contribution in [0.1, 0.15) is 18.9 Å². The molecule has 3 heterocycles. The van der Waals surface area contributed by atoms with Crippen LogP contribution in [-0.4, -0.2) is 48.6 Å². The molecule has 0 bridgehead atoms. The predicted octanol–water partition coefficient (Wildman–Crippen LogP) is 5.77. The average Bonchev–Trinajstić information content (AvgIpc) is 3.17. The number of nitrogens with one attached hydrogen (secondary N) is 1. The van der Waals surface area contributed by atoms with E-state index in [0.717, 1.165) is 12.1 Å². The van der Waals surface area contributed by atoms with Crippen LogP contribution in [0.4, 0.5) is 24.7 Å². The third-order valence-electron chi connectivity index (χ3n) is 7.27. The summed E-state index contributed by atoms with van der Waals surface area (Å²) in [5, 5.41) is 3.28. The van der Waals surface area contributed by atoms with Gasteiger partial charge in [-0.2, -0.15) is 13.2 Å². The zero-order valence-electron chi connectivity index (χ0n) is 21.9. The number of aromatic nitrogens is 3. The van der Waals surface area contributed by atoms with Gasteiger partial charge >= 0.3 is 6.18 Å². The fourth-order valence-corrected chi connectivity index (χ4v) is 6.67. The van der Waals surface area contributed by atoms with Gasteiger partial charge in [-0.3, -0.25) is 18.2 Å². The minimum Gasteiger partial charge on any atom is -0.497 e. The lowest BCUT2D eigenvalue weighted by Crippen LogP contribution is -2.39. The normalized spacial score (nSPS) is 19.6. The highest BCUT2D eigenvalue weighted by Gasteiger charge is 2.49. The molecule has 1 saturated heterocycles. The molecule has 0 spiro atoms. The summed E-state index contributed by atoms with van der Waals surface area (Å²) >= 11 is 0. The molecule has 0 saturated carbocycles. The van der Waals surface area contributed by atoms with Gasteiger partial charge in [-0.15, -0.1) is 10.8 Å². The molecule has 212 valence electrons. The van der Waals surface area contributed by atoms with E-state index in [0.29, 0.717) is 35.5 Å². The number of pyridine rings is 1. The summed E-state index contributed by atoms with van der Waals surface area (Å²) in [5.74, 6) is 0.843. The molecule has 4 aromatic rings. The molecule has 1 atom stereocenters. The molecular weight excluding hydrogens is 547 g/mol. The van der Waals surface area contributed by atoms with Crippen molar-refractivity contribution >= 4 is 33.2 Å². The van der Waals surface area contributed by atoms with Crippen LogP contribution in [0, 0.1) is 0 Å². The number of alkyl halides is 3. The number of nitrogens with zero attached hydrogens (tertiary/aromatic N) is 4. The minimum absolute atomic E-state index is 0.0851. The number of aryl methyl sites for hydroxylation is 1. The van der Waals surface area contributed by atoms with Gasteiger partial charge < -0.3 is 14.6 Å². The largest absolute Gasteiger partial charge is 0.497 e. The maximum absolute atomic E-state index is 13.2. The summed E-state index contributed by atoms with van der Waals surface area (Å²) in [6.45, 7) is 2.24. The number of methoxy groups -OCH3 is 1.